The van der Waals surface area contributed by atoms with Crippen molar-refractivity contribution < 1.29 is 0 Å². The molecule has 1 aromatic rings. The van der Waals surface area contributed by atoms with Gasteiger partial charge in [0, 0.05) is 30.4 Å². The zero-order chi connectivity index (χ0) is 13.0. The normalized spacial score (nSPS) is 17.5. The van der Waals surface area contributed by atoms with Crippen LogP contribution in [-0.2, 0) is 12.0 Å². The van der Waals surface area contributed by atoms with Gasteiger partial charge in [0.1, 0.15) is 0 Å². The van der Waals surface area contributed by atoms with Crippen molar-refractivity contribution in [2.45, 2.75) is 45.6 Å². The zero-order valence-corrected chi connectivity index (χ0v) is 12.6. The van der Waals surface area contributed by atoms with Gasteiger partial charge in [-0.05, 0) is 25.9 Å². The molecular weight excluding hydrogens is 242 g/mol. The summed E-state index contributed by atoms with van der Waals surface area (Å²) in [7, 11) is 0. The lowest BCUT2D eigenvalue weighted by molar-refractivity contribution is 0.335. The minimum absolute atomic E-state index is 0.179. The predicted octanol–water partition coefficient (Wildman–Crippen LogP) is 2.63. The van der Waals surface area contributed by atoms with Crippen molar-refractivity contribution in [1.82, 2.24) is 15.2 Å². The molecule has 0 bridgehead atoms. The van der Waals surface area contributed by atoms with Gasteiger partial charge in [-0.15, -0.1) is 11.3 Å². The van der Waals surface area contributed by atoms with Crippen LogP contribution in [0.1, 0.15) is 44.3 Å². The third kappa shape index (κ3) is 4.04. The van der Waals surface area contributed by atoms with Gasteiger partial charge < -0.3 is 10.2 Å². The summed E-state index contributed by atoms with van der Waals surface area (Å²) in [5, 5.41) is 6.91. The molecule has 0 saturated carbocycles. The lowest BCUT2D eigenvalue weighted by atomic mass is 9.98. The van der Waals surface area contributed by atoms with E-state index in [4.69, 9.17) is 4.98 Å². The van der Waals surface area contributed by atoms with Crippen LogP contribution in [0.15, 0.2) is 5.38 Å². The molecule has 0 unspecified atom stereocenters. The Morgan fingerprint density at radius 1 is 1.33 bits per heavy atom. The molecular formula is C14H25N3S. The van der Waals surface area contributed by atoms with Crippen LogP contribution in [0.5, 0.6) is 0 Å². The van der Waals surface area contributed by atoms with E-state index in [2.05, 4.69) is 36.4 Å². The number of nitrogens with zero attached hydrogens (tertiary/aromatic N) is 2. The maximum atomic E-state index is 4.69. The molecule has 1 saturated heterocycles. The van der Waals surface area contributed by atoms with Crippen LogP contribution >= 0.6 is 11.3 Å². The molecule has 0 amide bonds. The van der Waals surface area contributed by atoms with Gasteiger partial charge in [-0.1, -0.05) is 20.8 Å². The number of hydrogen-bond donors (Lipinski definition) is 1. The fraction of sp³-hybridized carbons (Fsp3) is 0.786. The smallest absolute Gasteiger partial charge is 0.0982 e. The first kappa shape index (κ1) is 14.0. The fourth-order valence-corrected chi connectivity index (χ4v) is 3.10. The van der Waals surface area contributed by atoms with E-state index in [0.717, 1.165) is 13.1 Å². The lowest BCUT2D eigenvalue weighted by Crippen LogP contribution is -2.29. The van der Waals surface area contributed by atoms with Crippen LogP contribution in [0.3, 0.4) is 0 Å². The largest absolute Gasteiger partial charge is 0.310 e. The van der Waals surface area contributed by atoms with Gasteiger partial charge in [-0.3, -0.25) is 0 Å². The van der Waals surface area contributed by atoms with Crippen LogP contribution in [0.4, 0.5) is 0 Å². The van der Waals surface area contributed by atoms with Gasteiger partial charge in [0.05, 0.1) is 10.7 Å². The summed E-state index contributed by atoms with van der Waals surface area (Å²) in [4.78, 5) is 7.23. The molecule has 2 heterocycles. The Hall–Kier alpha value is -0.450. The fourth-order valence-electron chi connectivity index (χ4n) is 2.19. The topological polar surface area (TPSA) is 28.2 Å². The summed E-state index contributed by atoms with van der Waals surface area (Å²) < 4.78 is 0. The highest BCUT2D eigenvalue weighted by Gasteiger charge is 2.17. The monoisotopic (exact) mass is 267 g/mol. The maximum absolute atomic E-state index is 4.69. The highest BCUT2D eigenvalue weighted by atomic mass is 32.1. The van der Waals surface area contributed by atoms with Gasteiger partial charge >= 0.3 is 0 Å². The molecule has 1 aromatic heterocycles. The molecule has 1 aliphatic heterocycles. The van der Waals surface area contributed by atoms with Crippen LogP contribution in [0.25, 0.3) is 0 Å². The number of nitrogens with one attached hydrogen (secondary N) is 1. The van der Waals surface area contributed by atoms with E-state index in [1.165, 1.54) is 43.2 Å². The third-order valence-electron chi connectivity index (χ3n) is 3.30. The van der Waals surface area contributed by atoms with Gasteiger partial charge in [0.25, 0.3) is 0 Å². The molecule has 0 aliphatic carbocycles. The molecule has 0 radical (unpaired) electrons. The van der Waals surface area contributed by atoms with E-state index in [-0.39, 0.29) is 5.41 Å². The van der Waals surface area contributed by atoms with E-state index in [0.29, 0.717) is 0 Å². The molecule has 18 heavy (non-hydrogen) atoms. The second-order valence-electron chi connectivity index (χ2n) is 6.12. The first-order valence-electron chi connectivity index (χ1n) is 6.94. The van der Waals surface area contributed by atoms with Crippen LogP contribution in [0.2, 0.25) is 0 Å². The van der Waals surface area contributed by atoms with Gasteiger partial charge in [-0.25, -0.2) is 4.98 Å². The Labute approximate surface area is 115 Å². The van der Waals surface area contributed by atoms with E-state index >= 15 is 0 Å². The molecule has 0 aromatic carbocycles. The van der Waals surface area contributed by atoms with Crippen molar-refractivity contribution >= 4 is 11.3 Å². The average molecular weight is 267 g/mol. The average Bonchev–Trinajstić information content (AvgIpc) is 2.95. The Bertz CT molecular complexity index is 361. The van der Waals surface area contributed by atoms with E-state index < -0.39 is 0 Å². The van der Waals surface area contributed by atoms with Crippen molar-refractivity contribution in [1.29, 1.82) is 0 Å². The van der Waals surface area contributed by atoms with Gasteiger partial charge in [0.15, 0.2) is 0 Å². The number of rotatable bonds is 5. The van der Waals surface area contributed by atoms with Gasteiger partial charge in [0.2, 0.25) is 0 Å². The first-order chi connectivity index (χ1) is 8.55. The summed E-state index contributed by atoms with van der Waals surface area (Å²) in [6.45, 7) is 12.4. The molecule has 1 N–H and O–H groups in total. The maximum Gasteiger partial charge on any atom is 0.0982 e. The lowest BCUT2D eigenvalue weighted by Gasteiger charge is -2.14. The van der Waals surface area contributed by atoms with Crippen LogP contribution < -0.4 is 5.32 Å². The Morgan fingerprint density at radius 3 is 2.67 bits per heavy atom. The summed E-state index contributed by atoms with van der Waals surface area (Å²) in [5.74, 6) is 0. The number of thiazole rings is 1. The van der Waals surface area contributed by atoms with E-state index in [1.807, 2.05) is 0 Å². The van der Waals surface area contributed by atoms with Crippen molar-refractivity contribution in [2.24, 2.45) is 0 Å². The predicted molar refractivity (Wildman–Crippen MR) is 78.2 cm³/mol. The number of likely N-dealkylation sites (tertiary alicyclic amines) is 1. The molecule has 2 rings (SSSR count). The van der Waals surface area contributed by atoms with Crippen molar-refractivity contribution in [3.63, 3.8) is 0 Å². The third-order valence-corrected chi connectivity index (χ3v) is 4.62. The molecule has 1 aliphatic rings. The quantitative estimate of drug-likeness (QED) is 0.831. The molecule has 3 nitrogen and oxygen atoms in total. The van der Waals surface area contributed by atoms with E-state index in [9.17, 15) is 0 Å². The van der Waals surface area contributed by atoms with E-state index in [1.54, 1.807) is 11.3 Å². The Kier molecular flexibility index (Phi) is 4.76. The Morgan fingerprint density at radius 2 is 2.06 bits per heavy atom. The standard InChI is InChI=1S/C14H25N3S/c1-14(2,3)13-16-12(11-18-13)10-15-6-9-17-7-4-5-8-17/h11,15H,4-10H2,1-3H3. The highest BCUT2D eigenvalue weighted by molar-refractivity contribution is 7.09. The van der Waals surface area contributed by atoms with Crippen LogP contribution in [0, 0.1) is 0 Å². The van der Waals surface area contributed by atoms with Crippen LogP contribution in [-0.4, -0.2) is 36.1 Å². The summed E-state index contributed by atoms with van der Waals surface area (Å²) in [6, 6.07) is 0. The molecule has 102 valence electrons. The number of hydrogen-bond acceptors (Lipinski definition) is 4. The first-order valence-corrected chi connectivity index (χ1v) is 7.81. The highest BCUT2D eigenvalue weighted by Crippen LogP contribution is 2.25. The van der Waals surface area contributed by atoms with Crippen molar-refractivity contribution in [2.75, 3.05) is 26.2 Å². The second kappa shape index (κ2) is 6.13. The zero-order valence-electron chi connectivity index (χ0n) is 11.8. The minimum atomic E-state index is 0.179. The van der Waals surface area contributed by atoms with Gasteiger partial charge in [-0.2, -0.15) is 0 Å². The Balaban J connectivity index is 1.68. The van der Waals surface area contributed by atoms with Crippen molar-refractivity contribution in [3.8, 4) is 0 Å². The van der Waals surface area contributed by atoms with Crippen molar-refractivity contribution in [3.05, 3.63) is 16.1 Å². The summed E-state index contributed by atoms with van der Waals surface area (Å²) >= 11 is 1.78. The minimum Gasteiger partial charge on any atom is -0.310 e. The molecule has 1 fully saturated rings. The molecule has 0 atom stereocenters. The SMILES string of the molecule is CC(C)(C)c1nc(CNCCN2CCCC2)cs1. The summed E-state index contributed by atoms with van der Waals surface area (Å²) in [6.07, 6.45) is 2.75. The molecule has 0 spiro atoms. The molecule has 4 heteroatoms. The second-order valence-corrected chi connectivity index (χ2v) is 6.98. The number of aromatic nitrogens is 1. The summed E-state index contributed by atoms with van der Waals surface area (Å²) in [5.41, 5.74) is 1.37.